The molecule has 94 valence electrons. The molecule has 1 fully saturated rings. The third-order valence-corrected chi connectivity index (χ3v) is 3.32. The molecule has 0 bridgehead atoms. The number of nitroso groups, excluding NO2 is 1. The number of hydrogen-bond acceptors (Lipinski definition) is 2. The summed E-state index contributed by atoms with van der Waals surface area (Å²) in [6, 6.07) is -0.680. The minimum absolute atomic E-state index is 0.350. The van der Waals surface area contributed by atoms with Crippen molar-refractivity contribution < 1.29 is 8.78 Å². The minimum atomic E-state index is -1.13. The molecule has 1 aliphatic rings. The van der Waals surface area contributed by atoms with Gasteiger partial charge in [-0.25, -0.2) is 8.78 Å². The number of alkyl halides is 2. The Bertz CT molecular complexity index is 201. The predicted octanol–water partition coefficient (Wildman–Crippen LogP) is 4.32. The first-order chi connectivity index (χ1) is 7.74. The molecule has 0 aromatic rings. The first-order valence-corrected chi connectivity index (χ1v) is 6.34. The molecular weight excluding hydrogens is 212 g/mol. The fourth-order valence-corrected chi connectivity index (χ4v) is 2.24. The van der Waals surface area contributed by atoms with Gasteiger partial charge in [0.05, 0.1) is 0 Å². The standard InChI is InChI=1S/C12H21F2NO/c13-10-6-2-1-3-9-12(15-16)11(14)8-5-4-7-10/h10-12H,1-9H2. The van der Waals surface area contributed by atoms with E-state index < -0.39 is 18.4 Å². The number of nitrogens with zero attached hydrogens (tertiary/aromatic N) is 1. The van der Waals surface area contributed by atoms with Crippen LogP contribution in [-0.2, 0) is 0 Å². The lowest BCUT2D eigenvalue weighted by molar-refractivity contribution is 0.229. The van der Waals surface area contributed by atoms with Crippen molar-refractivity contribution in [3.05, 3.63) is 4.91 Å². The summed E-state index contributed by atoms with van der Waals surface area (Å²) in [5.74, 6) is 0. The van der Waals surface area contributed by atoms with Crippen LogP contribution in [0.5, 0.6) is 0 Å². The van der Waals surface area contributed by atoms with Crippen LogP contribution in [0, 0.1) is 4.91 Å². The second-order valence-corrected chi connectivity index (χ2v) is 4.71. The topological polar surface area (TPSA) is 29.4 Å². The third-order valence-electron chi connectivity index (χ3n) is 3.32. The fourth-order valence-electron chi connectivity index (χ4n) is 2.24. The molecule has 0 spiro atoms. The molecule has 0 N–H and O–H groups in total. The Morgan fingerprint density at radius 2 is 1.38 bits per heavy atom. The Hall–Kier alpha value is -0.540. The average Bonchev–Trinajstić information content (AvgIpc) is 2.27. The van der Waals surface area contributed by atoms with Crippen molar-refractivity contribution in [3.63, 3.8) is 0 Å². The second kappa shape index (κ2) is 7.69. The van der Waals surface area contributed by atoms with Crippen LogP contribution in [0.25, 0.3) is 0 Å². The van der Waals surface area contributed by atoms with E-state index in [-0.39, 0.29) is 0 Å². The molecular formula is C12H21F2NO. The number of hydrogen-bond donors (Lipinski definition) is 0. The molecule has 1 saturated carbocycles. The van der Waals surface area contributed by atoms with E-state index in [1.165, 1.54) is 0 Å². The van der Waals surface area contributed by atoms with E-state index in [0.717, 1.165) is 19.3 Å². The van der Waals surface area contributed by atoms with E-state index in [2.05, 4.69) is 5.18 Å². The lowest BCUT2D eigenvalue weighted by Crippen LogP contribution is -2.20. The average molecular weight is 233 g/mol. The maximum absolute atomic E-state index is 13.5. The van der Waals surface area contributed by atoms with Gasteiger partial charge in [-0.3, -0.25) is 0 Å². The molecule has 16 heavy (non-hydrogen) atoms. The van der Waals surface area contributed by atoms with E-state index in [4.69, 9.17) is 0 Å². The monoisotopic (exact) mass is 233 g/mol. The van der Waals surface area contributed by atoms with Gasteiger partial charge in [0.2, 0.25) is 0 Å². The second-order valence-electron chi connectivity index (χ2n) is 4.71. The van der Waals surface area contributed by atoms with Crippen molar-refractivity contribution in [2.75, 3.05) is 0 Å². The summed E-state index contributed by atoms with van der Waals surface area (Å²) in [6.07, 6.45) is 4.02. The summed E-state index contributed by atoms with van der Waals surface area (Å²) >= 11 is 0. The van der Waals surface area contributed by atoms with Crippen LogP contribution in [0.3, 0.4) is 0 Å². The highest BCUT2D eigenvalue weighted by Gasteiger charge is 2.21. The highest BCUT2D eigenvalue weighted by atomic mass is 19.1. The lowest BCUT2D eigenvalue weighted by atomic mass is 9.96. The normalized spacial score (nSPS) is 34.8. The Morgan fingerprint density at radius 3 is 2.06 bits per heavy atom. The Morgan fingerprint density at radius 1 is 0.812 bits per heavy atom. The van der Waals surface area contributed by atoms with Crippen molar-refractivity contribution >= 4 is 0 Å². The van der Waals surface area contributed by atoms with E-state index in [1.807, 2.05) is 0 Å². The Balaban J connectivity index is 2.39. The highest BCUT2D eigenvalue weighted by Crippen LogP contribution is 2.22. The molecule has 2 nitrogen and oxygen atoms in total. The molecule has 0 heterocycles. The Kier molecular flexibility index (Phi) is 6.50. The summed E-state index contributed by atoms with van der Waals surface area (Å²) in [4.78, 5) is 10.5. The summed E-state index contributed by atoms with van der Waals surface area (Å²) < 4.78 is 26.8. The van der Waals surface area contributed by atoms with Crippen LogP contribution in [0.1, 0.15) is 57.8 Å². The summed E-state index contributed by atoms with van der Waals surface area (Å²) in [5, 5.41) is 2.87. The maximum atomic E-state index is 13.5. The zero-order valence-corrected chi connectivity index (χ0v) is 9.71. The largest absolute Gasteiger partial charge is 0.247 e. The van der Waals surface area contributed by atoms with E-state index in [9.17, 15) is 13.7 Å². The van der Waals surface area contributed by atoms with E-state index >= 15 is 0 Å². The van der Waals surface area contributed by atoms with Gasteiger partial charge in [0.25, 0.3) is 0 Å². The predicted molar refractivity (Wildman–Crippen MR) is 60.9 cm³/mol. The van der Waals surface area contributed by atoms with Crippen LogP contribution in [0.15, 0.2) is 5.18 Å². The van der Waals surface area contributed by atoms with Gasteiger partial charge in [-0.05, 0) is 25.7 Å². The quantitative estimate of drug-likeness (QED) is 0.620. The highest BCUT2D eigenvalue weighted by molar-refractivity contribution is 4.76. The van der Waals surface area contributed by atoms with Gasteiger partial charge < -0.3 is 0 Å². The smallest absolute Gasteiger partial charge is 0.126 e. The van der Waals surface area contributed by atoms with Gasteiger partial charge in [-0.2, -0.15) is 4.91 Å². The maximum Gasteiger partial charge on any atom is 0.126 e. The van der Waals surface area contributed by atoms with Crippen LogP contribution >= 0.6 is 0 Å². The molecule has 3 unspecified atom stereocenters. The third kappa shape index (κ3) is 4.99. The number of halogens is 2. The van der Waals surface area contributed by atoms with Crippen LogP contribution in [0.4, 0.5) is 8.78 Å². The van der Waals surface area contributed by atoms with E-state index in [0.29, 0.717) is 38.5 Å². The minimum Gasteiger partial charge on any atom is -0.247 e. The molecule has 0 radical (unpaired) electrons. The molecule has 0 saturated heterocycles. The molecule has 1 aliphatic carbocycles. The van der Waals surface area contributed by atoms with Gasteiger partial charge in [-0.1, -0.05) is 37.3 Å². The van der Waals surface area contributed by atoms with Crippen LogP contribution in [-0.4, -0.2) is 18.4 Å². The molecule has 0 aliphatic heterocycles. The van der Waals surface area contributed by atoms with Crippen molar-refractivity contribution in [2.45, 2.75) is 76.2 Å². The van der Waals surface area contributed by atoms with Gasteiger partial charge in [0, 0.05) is 0 Å². The SMILES string of the molecule is O=NC1CCCCCC(F)CCCCC1F. The summed E-state index contributed by atoms with van der Waals surface area (Å²) in [6.45, 7) is 0. The van der Waals surface area contributed by atoms with Crippen molar-refractivity contribution in [3.8, 4) is 0 Å². The number of rotatable bonds is 1. The molecule has 0 amide bonds. The van der Waals surface area contributed by atoms with Crippen molar-refractivity contribution in [1.82, 2.24) is 0 Å². The molecule has 0 aromatic heterocycles. The fraction of sp³-hybridized carbons (Fsp3) is 1.00. The molecule has 3 atom stereocenters. The first kappa shape index (κ1) is 13.5. The van der Waals surface area contributed by atoms with Gasteiger partial charge in [0.15, 0.2) is 0 Å². The lowest BCUT2D eigenvalue weighted by Gasteiger charge is -2.16. The van der Waals surface area contributed by atoms with E-state index in [1.54, 1.807) is 0 Å². The Labute approximate surface area is 95.8 Å². The van der Waals surface area contributed by atoms with Gasteiger partial charge >= 0.3 is 0 Å². The van der Waals surface area contributed by atoms with Crippen molar-refractivity contribution in [2.24, 2.45) is 5.18 Å². The first-order valence-electron chi connectivity index (χ1n) is 6.34. The van der Waals surface area contributed by atoms with Crippen molar-refractivity contribution in [1.29, 1.82) is 0 Å². The summed E-state index contributed by atoms with van der Waals surface area (Å²) in [5.41, 5.74) is 0. The zero-order chi connectivity index (χ0) is 11.8. The zero-order valence-electron chi connectivity index (χ0n) is 9.71. The molecule has 4 heteroatoms. The van der Waals surface area contributed by atoms with Crippen LogP contribution < -0.4 is 0 Å². The van der Waals surface area contributed by atoms with Gasteiger partial charge in [-0.15, -0.1) is 0 Å². The summed E-state index contributed by atoms with van der Waals surface area (Å²) in [7, 11) is 0. The molecule has 1 rings (SSSR count). The molecule has 0 aromatic carbocycles. The van der Waals surface area contributed by atoms with Crippen LogP contribution in [0.2, 0.25) is 0 Å². The van der Waals surface area contributed by atoms with Gasteiger partial charge in [0.1, 0.15) is 18.4 Å².